The number of carbonyl (C=O) groups is 1. The lowest BCUT2D eigenvalue weighted by molar-refractivity contribution is -0.274. The summed E-state index contributed by atoms with van der Waals surface area (Å²) >= 11 is 0. The highest BCUT2D eigenvalue weighted by atomic mass is 19.4. The van der Waals surface area contributed by atoms with Gasteiger partial charge in [0, 0.05) is 6.54 Å². The first-order valence-electron chi connectivity index (χ1n) is 7.56. The average Bonchev–Trinajstić information content (AvgIpc) is 2.42. The van der Waals surface area contributed by atoms with E-state index in [0.29, 0.717) is 0 Å². The molecule has 0 radical (unpaired) electrons. The molecule has 1 rings (SSSR count). The zero-order valence-corrected chi connectivity index (χ0v) is 14.1. The Kier molecular flexibility index (Phi) is 7.06. The largest absolute Gasteiger partial charge is 0.573 e. The quantitative estimate of drug-likeness (QED) is 0.721. The van der Waals surface area contributed by atoms with Gasteiger partial charge in [-0.25, -0.2) is 4.79 Å². The number of benzene rings is 1. The Morgan fingerprint density at radius 3 is 2.44 bits per heavy atom. The van der Waals surface area contributed by atoms with Gasteiger partial charge in [0.25, 0.3) is 0 Å². The van der Waals surface area contributed by atoms with Crippen LogP contribution >= 0.6 is 0 Å². The molecular formula is C16H22F3NO5. The fourth-order valence-corrected chi connectivity index (χ4v) is 1.91. The summed E-state index contributed by atoms with van der Waals surface area (Å²) in [5, 5.41) is 22.4. The van der Waals surface area contributed by atoms with Crippen molar-refractivity contribution in [2.24, 2.45) is 0 Å². The molecule has 0 saturated heterocycles. The number of carbonyl (C=O) groups excluding carboxylic acids is 1. The first-order valence-corrected chi connectivity index (χ1v) is 7.56. The van der Waals surface area contributed by atoms with E-state index in [4.69, 9.17) is 4.74 Å². The van der Waals surface area contributed by atoms with Gasteiger partial charge in [0.05, 0.1) is 6.10 Å². The van der Waals surface area contributed by atoms with E-state index in [2.05, 4.69) is 10.1 Å². The van der Waals surface area contributed by atoms with Gasteiger partial charge in [-0.05, 0) is 44.9 Å². The van der Waals surface area contributed by atoms with Crippen molar-refractivity contribution >= 4 is 6.09 Å². The minimum absolute atomic E-state index is 0.0197. The summed E-state index contributed by atoms with van der Waals surface area (Å²) in [4.78, 5) is 11.5. The molecule has 1 aromatic carbocycles. The van der Waals surface area contributed by atoms with Crippen molar-refractivity contribution in [3.8, 4) is 5.75 Å². The van der Waals surface area contributed by atoms with Gasteiger partial charge in [-0.2, -0.15) is 0 Å². The molecule has 0 aromatic heterocycles. The molecule has 25 heavy (non-hydrogen) atoms. The predicted octanol–water partition coefficient (Wildman–Crippen LogP) is 2.89. The van der Waals surface area contributed by atoms with E-state index in [9.17, 15) is 28.2 Å². The van der Waals surface area contributed by atoms with Crippen molar-refractivity contribution in [2.75, 3.05) is 6.54 Å². The van der Waals surface area contributed by atoms with Crippen molar-refractivity contribution in [3.63, 3.8) is 0 Å². The van der Waals surface area contributed by atoms with Crippen molar-refractivity contribution in [1.29, 1.82) is 0 Å². The van der Waals surface area contributed by atoms with Crippen LogP contribution in [0.1, 0.15) is 38.9 Å². The van der Waals surface area contributed by atoms with Gasteiger partial charge in [-0.15, -0.1) is 13.2 Å². The number of alkyl halides is 3. The molecule has 6 nitrogen and oxygen atoms in total. The molecule has 0 fully saturated rings. The van der Waals surface area contributed by atoms with Gasteiger partial charge in [0.2, 0.25) is 0 Å². The number of hydrogen-bond acceptors (Lipinski definition) is 5. The molecular weight excluding hydrogens is 343 g/mol. The third-order valence-corrected chi connectivity index (χ3v) is 2.91. The van der Waals surface area contributed by atoms with Crippen molar-refractivity contribution in [2.45, 2.75) is 51.4 Å². The summed E-state index contributed by atoms with van der Waals surface area (Å²) in [5.41, 5.74) is -0.604. The smallest absolute Gasteiger partial charge is 0.444 e. The molecule has 142 valence electrons. The molecule has 0 aliphatic rings. The number of rotatable bonds is 6. The maximum atomic E-state index is 12.2. The Labute approximate surface area is 143 Å². The van der Waals surface area contributed by atoms with Gasteiger partial charge in [0.1, 0.15) is 17.5 Å². The number of nitrogens with one attached hydrogen (secondary N) is 1. The molecule has 0 saturated carbocycles. The number of halogens is 3. The topological polar surface area (TPSA) is 88.0 Å². The van der Waals surface area contributed by atoms with E-state index in [-0.39, 0.29) is 18.5 Å². The first-order chi connectivity index (χ1) is 11.4. The third-order valence-electron chi connectivity index (χ3n) is 2.91. The molecule has 2 unspecified atom stereocenters. The van der Waals surface area contributed by atoms with Crippen LogP contribution in [0.5, 0.6) is 5.75 Å². The first kappa shape index (κ1) is 21.0. The lowest BCUT2D eigenvalue weighted by Gasteiger charge is -2.21. The lowest BCUT2D eigenvalue weighted by atomic mass is 10.0. The second kappa shape index (κ2) is 8.39. The number of aliphatic hydroxyl groups excluding tert-OH is 2. The fraction of sp³-hybridized carbons (Fsp3) is 0.562. The normalized spacial score (nSPS) is 14.6. The number of aliphatic hydroxyl groups is 2. The molecule has 9 heteroatoms. The van der Waals surface area contributed by atoms with Crippen LogP contribution in [0.4, 0.5) is 18.0 Å². The van der Waals surface area contributed by atoms with Gasteiger partial charge in [0.15, 0.2) is 0 Å². The monoisotopic (exact) mass is 365 g/mol. The zero-order valence-electron chi connectivity index (χ0n) is 14.1. The van der Waals surface area contributed by atoms with Crippen LogP contribution < -0.4 is 10.1 Å². The van der Waals surface area contributed by atoms with Crippen LogP contribution in [0, 0.1) is 0 Å². The standard InChI is InChI=1S/C16H22F3NO5/c1-15(2,3)25-14(23)20-8-7-12(21)13(22)10-5-4-6-11(9-10)24-16(17,18)19/h4-6,9,12-13,21-22H,7-8H2,1-3H3,(H,20,23). The summed E-state index contributed by atoms with van der Waals surface area (Å²) in [5.74, 6) is -0.497. The Bertz CT molecular complexity index is 572. The van der Waals surface area contributed by atoms with Gasteiger partial charge < -0.3 is 25.0 Å². The van der Waals surface area contributed by atoms with E-state index >= 15 is 0 Å². The molecule has 0 bridgehead atoms. The van der Waals surface area contributed by atoms with Crippen LogP contribution in [0.25, 0.3) is 0 Å². The number of amides is 1. The summed E-state index contributed by atoms with van der Waals surface area (Å²) in [6.07, 6.45) is -8.27. The average molecular weight is 365 g/mol. The molecule has 0 heterocycles. The SMILES string of the molecule is CC(C)(C)OC(=O)NCCC(O)C(O)c1cccc(OC(F)(F)F)c1. The summed E-state index contributed by atoms with van der Waals surface area (Å²) in [7, 11) is 0. The number of hydrogen-bond donors (Lipinski definition) is 3. The maximum absolute atomic E-state index is 12.2. The number of ether oxygens (including phenoxy) is 2. The van der Waals surface area contributed by atoms with Crippen LogP contribution in [0.15, 0.2) is 24.3 Å². The van der Waals surface area contributed by atoms with E-state index < -0.39 is 36.0 Å². The van der Waals surface area contributed by atoms with E-state index in [1.54, 1.807) is 20.8 Å². The molecule has 1 amide bonds. The van der Waals surface area contributed by atoms with Gasteiger partial charge >= 0.3 is 12.5 Å². The summed E-state index contributed by atoms with van der Waals surface area (Å²) in [6, 6.07) is 4.70. The van der Waals surface area contributed by atoms with Crippen LogP contribution in [-0.2, 0) is 4.74 Å². The molecule has 3 N–H and O–H groups in total. The minimum atomic E-state index is -4.85. The lowest BCUT2D eigenvalue weighted by Crippen LogP contribution is -2.34. The molecule has 0 aliphatic carbocycles. The van der Waals surface area contributed by atoms with Crippen LogP contribution in [-0.4, -0.2) is 40.9 Å². The zero-order chi connectivity index (χ0) is 19.3. The van der Waals surface area contributed by atoms with Crippen LogP contribution in [0.3, 0.4) is 0 Å². The molecule has 0 aliphatic heterocycles. The second-order valence-corrected chi connectivity index (χ2v) is 6.35. The Morgan fingerprint density at radius 2 is 1.88 bits per heavy atom. The van der Waals surface area contributed by atoms with Crippen molar-refractivity contribution < 1.29 is 37.7 Å². The maximum Gasteiger partial charge on any atom is 0.573 e. The van der Waals surface area contributed by atoms with E-state index in [1.807, 2.05) is 0 Å². The highest BCUT2D eigenvalue weighted by molar-refractivity contribution is 5.67. The summed E-state index contributed by atoms with van der Waals surface area (Å²) < 4.78 is 45.4. The van der Waals surface area contributed by atoms with E-state index in [1.165, 1.54) is 12.1 Å². The molecule has 0 spiro atoms. The molecule has 2 atom stereocenters. The third kappa shape index (κ3) is 8.59. The number of alkyl carbamates (subject to hydrolysis) is 1. The Hall–Kier alpha value is -2.00. The van der Waals surface area contributed by atoms with Gasteiger partial charge in [-0.1, -0.05) is 12.1 Å². The summed E-state index contributed by atoms with van der Waals surface area (Å²) in [6.45, 7) is 5.11. The highest BCUT2D eigenvalue weighted by Gasteiger charge is 2.31. The minimum Gasteiger partial charge on any atom is -0.444 e. The van der Waals surface area contributed by atoms with Gasteiger partial charge in [-0.3, -0.25) is 0 Å². The highest BCUT2D eigenvalue weighted by Crippen LogP contribution is 2.27. The fourth-order valence-electron chi connectivity index (χ4n) is 1.91. The predicted molar refractivity (Wildman–Crippen MR) is 82.9 cm³/mol. The molecule has 1 aromatic rings. The van der Waals surface area contributed by atoms with Crippen LogP contribution in [0.2, 0.25) is 0 Å². The second-order valence-electron chi connectivity index (χ2n) is 6.35. The Balaban J connectivity index is 2.55. The van der Waals surface area contributed by atoms with Crippen molar-refractivity contribution in [1.82, 2.24) is 5.32 Å². The van der Waals surface area contributed by atoms with E-state index in [0.717, 1.165) is 12.1 Å². The Morgan fingerprint density at radius 1 is 1.24 bits per heavy atom. The van der Waals surface area contributed by atoms with Crippen molar-refractivity contribution in [3.05, 3.63) is 29.8 Å².